The largest absolute Gasteiger partial charge is 0.481 e. The number of aliphatic hydroxyl groups is 2. The quantitative estimate of drug-likeness (QED) is 0.337. The maximum Gasteiger partial charge on any atom is 0.303 e. The average molecular weight is 347 g/mol. The molecule has 0 atom stereocenters. The molecule has 0 saturated carbocycles. The summed E-state index contributed by atoms with van der Waals surface area (Å²) in [6, 6.07) is 0. The highest BCUT2D eigenvalue weighted by Crippen LogP contribution is 2.14. The Kier molecular flexibility index (Phi) is 23.9. The third-order valence-electron chi connectivity index (χ3n) is 4.02. The lowest BCUT2D eigenvalue weighted by molar-refractivity contribution is -0.137. The van der Waals surface area contributed by atoms with Gasteiger partial charge in [-0.2, -0.15) is 0 Å². The predicted octanol–water partition coefficient (Wildman–Crippen LogP) is 5.16. The molecule has 3 N–H and O–H groups in total. The van der Waals surface area contributed by atoms with E-state index in [9.17, 15) is 4.79 Å². The highest BCUT2D eigenvalue weighted by molar-refractivity contribution is 5.66. The third-order valence-corrected chi connectivity index (χ3v) is 4.02. The minimum Gasteiger partial charge on any atom is -0.481 e. The number of hydrogen-bond donors (Lipinski definition) is 3. The van der Waals surface area contributed by atoms with E-state index in [0.29, 0.717) is 6.42 Å². The van der Waals surface area contributed by atoms with Gasteiger partial charge < -0.3 is 15.3 Å². The summed E-state index contributed by atoms with van der Waals surface area (Å²) in [5.74, 6) is 0.212. The van der Waals surface area contributed by atoms with Gasteiger partial charge in [-0.25, -0.2) is 0 Å². The molecular weight excluding hydrogens is 304 g/mol. The summed E-state index contributed by atoms with van der Waals surface area (Å²) in [5.41, 5.74) is 0. The van der Waals surface area contributed by atoms with Crippen molar-refractivity contribution in [3.8, 4) is 0 Å². The van der Waals surface area contributed by atoms with E-state index in [-0.39, 0.29) is 13.2 Å². The Morgan fingerprint density at radius 2 is 1.00 bits per heavy atom. The Morgan fingerprint density at radius 1 is 0.667 bits per heavy atom. The molecule has 0 radical (unpaired) electrons. The zero-order valence-electron chi connectivity index (χ0n) is 16.1. The normalized spacial score (nSPS) is 10.5. The fraction of sp³-hybridized carbons (Fsp3) is 0.950. The molecule has 0 amide bonds. The van der Waals surface area contributed by atoms with Crippen LogP contribution in [0.1, 0.15) is 104 Å². The van der Waals surface area contributed by atoms with Crippen LogP contribution in [0.2, 0.25) is 0 Å². The van der Waals surface area contributed by atoms with Crippen LogP contribution in [-0.2, 0) is 4.79 Å². The molecule has 4 nitrogen and oxygen atoms in total. The average Bonchev–Trinajstić information content (AvgIpc) is 2.54. The lowest BCUT2D eigenvalue weighted by Crippen LogP contribution is -1.93. The summed E-state index contributed by atoms with van der Waals surface area (Å²) in [4.78, 5) is 10.3. The van der Waals surface area contributed by atoms with E-state index in [1.54, 1.807) is 0 Å². The monoisotopic (exact) mass is 346 g/mol. The predicted molar refractivity (Wildman–Crippen MR) is 101 cm³/mol. The lowest BCUT2D eigenvalue weighted by atomic mass is 10.0. The molecule has 24 heavy (non-hydrogen) atoms. The number of unbranched alkanes of at least 4 members (excludes halogenated alkanes) is 11. The van der Waals surface area contributed by atoms with Gasteiger partial charge in [0.1, 0.15) is 0 Å². The number of carboxylic acids is 1. The highest BCUT2D eigenvalue weighted by atomic mass is 16.4. The van der Waals surface area contributed by atoms with E-state index in [4.69, 9.17) is 15.3 Å². The number of aliphatic carboxylic acids is 1. The molecule has 0 aromatic heterocycles. The molecule has 0 heterocycles. The molecule has 0 saturated heterocycles. The molecule has 0 bridgehead atoms. The van der Waals surface area contributed by atoms with Gasteiger partial charge in [0.05, 0.1) is 13.2 Å². The topological polar surface area (TPSA) is 77.8 Å². The summed E-state index contributed by atoms with van der Waals surface area (Å²) in [6.07, 6.45) is 17.3. The second kappa shape index (κ2) is 22.4. The Bertz CT molecular complexity index is 240. The lowest BCUT2D eigenvalue weighted by Gasteiger charge is -2.04. The molecule has 0 aromatic rings. The maximum absolute atomic E-state index is 10.3. The van der Waals surface area contributed by atoms with E-state index >= 15 is 0 Å². The van der Waals surface area contributed by atoms with E-state index in [0.717, 1.165) is 18.8 Å². The molecule has 146 valence electrons. The summed E-state index contributed by atoms with van der Waals surface area (Å²) in [5, 5.41) is 23.8. The molecule has 0 spiro atoms. The zero-order chi connectivity index (χ0) is 18.5. The van der Waals surface area contributed by atoms with Crippen molar-refractivity contribution in [3.63, 3.8) is 0 Å². The van der Waals surface area contributed by atoms with Crippen LogP contribution >= 0.6 is 0 Å². The first-order valence-corrected chi connectivity index (χ1v) is 9.98. The Labute approximate surface area is 149 Å². The zero-order valence-corrected chi connectivity index (χ0v) is 16.1. The summed E-state index contributed by atoms with van der Waals surface area (Å²) in [6.45, 7) is 4.36. The Hall–Kier alpha value is -0.610. The van der Waals surface area contributed by atoms with Gasteiger partial charge in [0.15, 0.2) is 0 Å². The maximum atomic E-state index is 10.3. The van der Waals surface area contributed by atoms with E-state index in [1.165, 1.54) is 70.6 Å². The molecule has 0 aromatic carbocycles. The molecule has 0 rings (SSSR count). The van der Waals surface area contributed by atoms with Gasteiger partial charge >= 0.3 is 5.97 Å². The summed E-state index contributed by atoms with van der Waals surface area (Å²) >= 11 is 0. The van der Waals surface area contributed by atoms with Crippen molar-refractivity contribution < 1.29 is 20.1 Å². The first kappa shape index (κ1) is 25.6. The van der Waals surface area contributed by atoms with Gasteiger partial charge in [-0.1, -0.05) is 90.9 Å². The molecule has 4 heteroatoms. The van der Waals surface area contributed by atoms with Crippen molar-refractivity contribution in [2.75, 3.05) is 13.2 Å². The second-order valence-corrected chi connectivity index (χ2v) is 7.02. The number of aliphatic hydroxyl groups excluding tert-OH is 2. The van der Waals surface area contributed by atoms with Crippen molar-refractivity contribution in [2.45, 2.75) is 104 Å². The smallest absolute Gasteiger partial charge is 0.303 e. The molecule has 0 unspecified atom stereocenters. The first-order valence-electron chi connectivity index (χ1n) is 9.98. The number of carboxylic acid groups (broad SMARTS) is 1. The highest BCUT2D eigenvalue weighted by Gasteiger charge is 1.97. The third kappa shape index (κ3) is 29.4. The van der Waals surface area contributed by atoms with Crippen molar-refractivity contribution in [3.05, 3.63) is 0 Å². The van der Waals surface area contributed by atoms with Gasteiger partial charge in [-0.05, 0) is 12.3 Å². The van der Waals surface area contributed by atoms with E-state index in [2.05, 4.69) is 13.8 Å². The molecule has 0 aliphatic heterocycles. The van der Waals surface area contributed by atoms with Crippen LogP contribution in [0.25, 0.3) is 0 Å². The van der Waals surface area contributed by atoms with Crippen LogP contribution in [0.4, 0.5) is 0 Å². The van der Waals surface area contributed by atoms with Crippen LogP contribution in [0.3, 0.4) is 0 Å². The molecule has 0 fully saturated rings. The van der Waals surface area contributed by atoms with Crippen molar-refractivity contribution in [1.82, 2.24) is 0 Å². The van der Waals surface area contributed by atoms with Crippen LogP contribution < -0.4 is 0 Å². The Balaban J connectivity index is 0. The van der Waals surface area contributed by atoms with E-state index in [1.807, 2.05) is 0 Å². The van der Waals surface area contributed by atoms with Gasteiger partial charge in [-0.15, -0.1) is 0 Å². The molecule has 0 aliphatic carbocycles. The van der Waals surface area contributed by atoms with Crippen molar-refractivity contribution in [1.29, 1.82) is 0 Å². The molecule has 0 aliphatic rings. The van der Waals surface area contributed by atoms with Crippen LogP contribution in [0.15, 0.2) is 0 Å². The standard InChI is InChI=1S/C18H36O2.C2H6O2/c1-17(2)15-13-11-9-7-5-3-4-6-8-10-12-14-16-18(19)20;3-1-2-4/h17H,3-16H2,1-2H3,(H,19,20);3-4H,1-2H2. The summed E-state index contributed by atoms with van der Waals surface area (Å²) < 4.78 is 0. The van der Waals surface area contributed by atoms with Gasteiger partial charge in [0.2, 0.25) is 0 Å². The number of rotatable bonds is 16. The molecular formula is C20H42O4. The summed E-state index contributed by atoms with van der Waals surface area (Å²) in [7, 11) is 0. The second-order valence-electron chi connectivity index (χ2n) is 7.02. The van der Waals surface area contributed by atoms with Gasteiger partial charge in [0, 0.05) is 6.42 Å². The first-order chi connectivity index (χ1) is 11.5. The van der Waals surface area contributed by atoms with Crippen LogP contribution in [0.5, 0.6) is 0 Å². The van der Waals surface area contributed by atoms with Crippen molar-refractivity contribution in [2.24, 2.45) is 5.92 Å². The van der Waals surface area contributed by atoms with Gasteiger partial charge in [0.25, 0.3) is 0 Å². The minimum absolute atomic E-state index is 0.125. The SMILES string of the molecule is CC(C)CCCCCCCCCCCCCCC(=O)O.OCCO. The number of hydrogen-bond acceptors (Lipinski definition) is 3. The minimum atomic E-state index is -0.654. The number of carbonyl (C=O) groups is 1. The fourth-order valence-corrected chi connectivity index (χ4v) is 2.60. The Morgan fingerprint density at radius 3 is 1.29 bits per heavy atom. The van der Waals surface area contributed by atoms with Gasteiger partial charge in [-0.3, -0.25) is 4.79 Å². The van der Waals surface area contributed by atoms with Crippen LogP contribution in [-0.4, -0.2) is 34.5 Å². The van der Waals surface area contributed by atoms with Crippen LogP contribution in [0, 0.1) is 5.92 Å². The fourth-order valence-electron chi connectivity index (χ4n) is 2.60. The van der Waals surface area contributed by atoms with Crippen molar-refractivity contribution >= 4 is 5.97 Å². The van der Waals surface area contributed by atoms with E-state index < -0.39 is 5.97 Å².